The Morgan fingerprint density at radius 3 is 2.28 bits per heavy atom. The van der Waals surface area contributed by atoms with Gasteiger partial charge in [-0.3, -0.25) is 0 Å². The Hall–Kier alpha value is -1.05. The van der Waals surface area contributed by atoms with Crippen molar-refractivity contribution >= 4 is 40.7 Å². The van der Waals surface area contributed by atoms with Crippen LogP contribution in [0.2, 0.25) is 0 Å². The number of ether oxygens (including phenoxy) is 2. The molecule has 164 valence electrons. The molecule has 0 aromatic heterocycles. The number of hydrogen-bond acceptors (Lipinski definition) is 4. The smallest absolute Gasteiger partial charge is 0.175 e. The van der Waals surface area contributed by atoms with Gasteiger partial charge in [0.1, 0.15) is 12.4 Å². The third-order valence-electron chi connectivity index (χ3n) is 4.41. The minimum Gasteiger partial charge on any atom is -0.493 e. The molecule has 0 amide bonds. The lowest BCUT2D eigenvalue weighted by molar-refractivity contribution is 0.282. The third kappa shape index (κ3) is 9.09. The van der Waals surface area contributed by atoms with Gasteiger partial charge in [0.2, 0.25) is 0 Å². The number of nitrogens with one attached hydrogen (secondary N) is 1. The molecule has 0 fully saturated rings. The Labute approximate surface area is 194 Å². The van der Waals surface area contributed by atoms with E-state index in [0.717, 1.165) is 48.3 Å². The van der Waals surface area contributed by atoms with Gasteiger partial charge < -0.3 is 19.7 Å². The fraction of sp³-hybridized carbons (Fsp3) is 0.429. The van der Waals surface area contributed by atoms with E-state index in [-0.39, 0.29) is 30.6 Å². The van der Waals surface area contributed by atoms with Crippen molar-refractivity contribution in [3.63, 3.8) is 0 Å². The molecule has 2 rings (SSSR count). The monoisotopic (exact) mass is 510 g/mol. The van der Waals surface area contributed by atoms with Gasteiger partial charge in [-0.15, -0.1) is 24.8 Å². The van der Waals surface area contributed by atoms with Gasteiger partial charge in [-0.05, 0) is 64.4 Å². The van der Waals surface area contributed by atoms with Crippen LogP contribution in [0.1, 0.15) is 25.0 Å². The first-order valence-corrected chi connectivity index (χ1v) is 10.0. The molecule has 4 nitrogen and oxygen atoms in total. The highest BCUT2D eigenvalue weighted by Crippen LogP contribution is 2.37. The molecule has 0 heterocycles. The van der Waals surface area contributed by atoms with Gasteiger partial charge in [-0.2, -0.15) is 0 Å². The Morgan fingerprint density at radius 1 is 1.03 bits per heavy atom. The maximum absolute atomic E-state index is 13.0. The highest BCUT2D eigenvalue weighted by atomic mass is 79.9. The summed E-state index contributed by atoms with van der Waals surface area (Å²) in [5, 5.41) is 3.47. The lowest BCUT2D eigenvalue weighted by Crippen LogP contribution is -2.31. The summed E-state index contributed by atoms with van der Waals surface area (Å²) >= 11 is 3.58. The van der Waals surface area contributed by atoms with E-state index in [2.05, 4.69) is 40.0 Å². The van der Waals surface area contributed by atoms with Crippen molar-refractivity contribution in [1.29, 1.82) is 0 Å². The second-order valence-electron chi connectivity index (χ2n) is 6.23. The van der Waals surface area contributed by atoms with Gasteiger partial charge in [-0.1, -0.05) is 26.0 Å². The third-order valence-corrected chi connectivity index (χ3v) is 5.00. The quantitative estimate of drug-likeness (QED) is 0.406. The van der Waals surface area contributed by atoms with Gasteiger partial charge in [0.15, 0.2) is 11.5 Å². The molecule has 0 spiro atoms. The van der Waals surface area contributed by atoms with Crippen LogP contribution in [-0.2, 0) is 13.2 Å². The van der Waals surface area contributed by atoms with Crippen LogP contribution in [0.3, 0.4) is 0 Å². The molecule has 0 radical (unpaired) electrons. The topological polar surface area (TPSA) is 33.7 Å². The van der Waals surface area contributed by atoms with Crippen LogP contribution in [0.5, 0.6) is 11.5 Å². The second-order valence-corrected chi connectivity index (χ2v) is 7.08. The number of hydrogen-bond donors (Lipinski definition) is 1. The summed E-state index contributed by atoms with van der Waals surface area (Å²) in [6, 6.07) is 10.3. The molecule has 2 aromatic carbocycles. The zero-order valence-corrected chi connectivity index (χ0v) is 20.3. The largest absolute Gasteiger partial charge is 0.493 e. The zero-order valence-electron chi connectivity index (χ0n) is 17.0. The summed E-state index contributed by atoms with van der Waals surface area (Å²) in [6.07, 6.45) is 0. The van der Waals surface area contributed by atoms with Crippen LogP contribution >= 0.6 is 40.7 Å². The number of rotatable bonds is 11. The summed E-state index contributed by atoms with van der Waals surface area (Å²) in [4.78, 5) is 2.38. The molecule has 29 heavy (non-hydrogen) atoms. The van der Waals surface area contributed by atoms with Crippen LogP contribution in [-0.4, -0.2) is 38.2 Å². The molecule has 0 aliphatic carbocycles. The Bertz CT molecular complexity index is 717. The SMILES string of the molecule is CCN(CC)CCNCc1cc(Br)c(OCc2ccc(F)cc2)c(OC)c1.Cl.Cl. The number of likely N-dealkylation sites (N-methyl/N-ethyl adjacent to an activating group) is 1. The van der Waals surface area contributed by atoms with E-state index in [9.17, 15) is 4.39 Å². The Morgan fingerprint density at radius 2 is 1.69 bits per heavy atom. The molecule has 0 saturated heterocycles. The van der Waals surface area contributed by atoms with Crippen molar-refractivity contribution in [2.45, 2.75) is 27.0 Å². The maximum Gasteiger partial charge on any atom is 0.175 e. The van der Waals surface area contributed by atoms with Gasteiger partial charge in [0, 0.05) is 19.6 Å². The zero-order chi connectivity index (χ0) is 19.6. The second kappa shape index (κ2) is 14.9. The van der Waals surface area contributed by atoms with Crippen molar-refractivity contribution < 1.29 is 13.9 Å². The summed E-state index contributed by atoms with van der Waals surface area (Å²) in [7, 11) is 1.63. The first-order chi connectivity index (χ1) is 13.1. The first-order valence-electron chi connectivity index (χ1n) is 9.24. The summed E-state index contributed by atoms with van der Waals surface area (Å²) in [5.41, 5.74) is 2.01. The van der Waals surface area contributed by atoms with E-state index in [0.29, 0.717) is 18.1 Å². The van der Waals surface area contributed by atoms with E-state index in [4.69, 9.17) is 9.47 Å². The molecular weight excluding hydrogens is 482 g/mol. The molecule has 1 N–H and O–H groups in total. The number of nitrogens with zero attached hydrogens (tertiary/aromatic N) is 1. The molecule has 0 saturated carbocycles. The van der Waals surface area contributed by atoms with Crippen LogP contribution < -0.4 is 14.8 Å². The average molecular weight is 512 g/mol. The van der Waals surface area contributed by atoms with Gasteiger partial charge in [0.25, 0.3) is 0 Å². The van der Waals surface area contributed by atoms with Gasteiger partial charge in [0.05, 0.1) is 11.6 Å². The molecular formula is C21H30BrCl2FN2O2. The highest BCUT2D eigenvalue weighted by Gasteiger charge is 2.12. The molecule has 2 aromatic rings. The minimum atomic E-state index is -0.254. The van der Waals surface area contributed by atoms with Crippen molar-refractivity contribution in [2.24, 2.45) is 0 Å². The number of benzene rings is 2. The standard InChI is InChI=1S/C21H28BrFN2O2.2ClH/c1-4-25(5-2)11-10-24-14-17-12-19(22)21(20(13-17)26-3)27-15-16-6-8-18(23)9-7-16;;/h6-9,12-13,24H,4-5,10-11,14-15H2,1-3H3;2*1H. The van der Waals surface area contributed by atoms with E-state index < -0.39 is 0 Å². The van der Waals surface area contributed by atoms with E-state index in [1.165, 1.54) is 12.1 Å². The van der Waals surface area contributed by atoms with Gasteiger partial charge in [-0.25, -0.2) is 4.39 Å². The molecule has 0 unspecified atom stereocenters. The van der Waals surface area contributed by atoms with Crippen molar-refractivity contribution in [1.82, 2.24) is 10.2 Å². The summed E-state index contributed by atoms with van der Waals surface area (Å²) < 4.78 is 25.3. The normalized spacial score (nSPS) is 10.3. The van der Waals surface area contributed by atoms with Crippen molar-refractivity contribution in [3.8, 4) is 11.5 Å². The average Bonchev–Trinajstić information content (AvgIpc) is 2.68. The van der Waals surface area contributed by atoms with Crippen molar-refractivity contribution in [2.75, 3.05) is 33.3 Å². The van der Waals surface area contributed by atoms with Crippen LogP contribution in [0.25, 0.3) is 0 Å². The first kappa shape index (κ1) is 27.9. The number of methoxy groups -OCH3 is 1. The van der Waals surface area contributed by atoms with Crippen molar-refractivity contribution in [3.05, 3.63) is 57.8 Å². The molecule has 0 bridgehead atoms. The van der Waals surface area contributed by atoms with E-state index >= 15 is 0 Å². The lowest BCUT2D eigenvalue weighted by Gasteiger charge is -2.18. The van der Waals surface area contributed by atoms with E-state index in [1.807, 2.05) is 12.1 Å². The molecule has 0 aliphatic rings. The minimum absolute atomic E-state index is 0. The Balaban J connectivity index is 0.00000392. The van der Waals surface area contributed by atoms with Crippen LogP contribution in [0.4, 0.5) is 4.39 Å². The fourth-order valence-electron chi connectivity index (χ4n) is 2.76. The van der Waals surface area contributed by atoms with Crippen LogP contribution in [0.15, 0.2) is 40.9 Å². The molecule has 0 aliphatic heterocycles. The highest BCUT2D eigenvalue weighted by molar-refractivity contribution is 9.10. The Kier molecular flexibility index (Phi) is 14.3. The van der Waals surface area contributed by atoms with E-state index in [1.54, 1.807) is 19.2 Å². The molecule has 0 atom stereocenters. The maximum atomic E-state index is 13.0. The summed E-state index contributed by atoms with van der Waals surface area (Å²) in [5.74, 6) is 1.07. The number of halogens is 4. The predicted octanol–water partition coefficient (Wildman–Crippen LogP) is 5.45. The fourth-order valence-corrected chi connectivity index (χ4v) is 3.37. The lowest BCUT2D eigenvalue weighted by atomic mass is 10.2. The molecule has 8 heteroatoms. The van der Waals surface area contributed by atoms with Crippen LogP contribution in [0, 0.1) is 5.82 Å². The predicted molar refractivity (Wildman–Crippen MR) is 125 cm³/mol. The van der Waals surface area contributed by atoms with Gasteiger partial charge >= 0.3 is 0 Å². The summed E-state index contributed by atoms with van der Waals surface area (Å²) in [6.45, 7) is 9.56.